The molecule has 11 nitrogen and oxygen atoms in total. The van der Waals surface area contributed by atoms with Crippen LogP contribution in [-0.2, 0) is 29.1 Å². The van der Waals surface area contributed by atoms with Gasteiger partial charge in [-0.05, 0) is 48.4 Å². The summed E-state index contributed by atoms with van der Waals surface area (Å²) in [6.45, 7) is 5.31. The Morgan fingerprint density at radius 2 is 1.71 bits per heavy atom. The number of ketones is 1. The third kappa shape index (κ3) is 7.10. The first-order valence-electron chi connectivity index (χ1n) is 15.3. The van der Waals surface area contributed by atoms with E-state index in [0.717, 1.165) is 52.4 Å². The average Bonchev–Trinajstić information content (AvgIpc) is 3.65. The summed E-state index contributed by atoms with van der Waals surface area (Å²) in [5.41, 5.74) is 4.96. The van der Waals surface area contributed by atoms with Crippen molar-refractivity contribution < 1.29 is 30.8 Å². The molecule has 5 aromatic rings. The van der Waals surface area contributed by atoms with Gasteiger partial charge < -0.3 is 4.57 Å². The average molecular weight is 697 g/mol. The Bertz CT molecular complexity index is 2100. The molecule has 1 atom stereocenters. The molecule has 1 unspecified atom stereocenters. The third-order valence-electron chi connectivity index (χ3n) is 8.40. The summed E-state index contributed by atoms with van der Waals surface area (Å²) in [5, 5.41) is 2.77. The second-order valence-electron chi connectivity index (χ2n) is 12.1. The van der Waals surface area contributed by atoms with E-state index >= 15 is 0 Å². The Kier molecular flexibility index (Phi) is 9.11. The van der Waals surface area contributed by atoms with E-state index in [0.29, 0.717) is 19.6 Å². The van der Waals surface area contributed by atoms with E-state index in [1.807, 2.05) is 34.4 Å². The van der Waals surface area contributed by atoms with Crippen LogP contribution in [-0.4, -0.2) is 62.9 Å². The van der Waals surface area contributed by atoms with Crippen molar-refractivity contribution in [3.63, 3.8) is 0 Å². The summed E-state index contributed by atoms with van der Waals surface area (Å²) in [6.07, 6.45) is 1.37. The summed E-state index contributed by atoms with van der Waals surface area (Å²) in [5.74, 6) is -0.0817. The molecule has 0 amide bonds. The summed E-state index contributed by atoms with van der Waals surface area (Å²) in [6, 6.07) is 13.0. The molecule has 1 N–H and O–H groups in total. The Morgan fingerprint density at radius 1 is 1.00 bits per heavy atom. The Hall–Kier alpha value is -4.96. The number of hydrogen-bond acceptors (Lipinski definition) is 10. The highest BCUT2D eigenvalue weighted by molar-refractivity contribution is 7.90. The highest BCUT2D eigenvalue weighted by Gasteiger charge is 2.39. The number of carbonyl (C=O) groups is 1. The minimum atomic E-state index is -4.75. The quantitative estimate of drug-likeness (QED) is 0.174. The maximum absolute atomic E-state index is 13.3. The molecule has 49 heavy (non-hydrogen) atoms. The molecular formula is C33H32F4N8O3S. The fourth-order valence-corrected chi connectivity index (χ4v) is 6.84. The molecule has 0 bridgehead atoms. The number of hydrogen-bond donors (Lipinski definition) is 1. The highest BCUT2D eigenvalue weighted by Crippen LogP contribution is 2.37. The van der Waals surface area contributed by atoms with Crippen LogP contribution >= 0.6 is 0 Å². The number of hydrazine groups is 1. The van der Waals surface area contributed by atoms with Gasteiger partial charge in [0.1, 0.15) is 18.5 Å². The number of anilines is 2. The van der Waals surface area contributed by atoms with Crippen LogP contribution in [0, 0.1) is 11.7 Å². The predicted octanol–water partition coefficient (Wildman–Crippen LogP) is 5.71. The Labute approximate surface area is 279 Å². The lowest BCUT2D eigenvalue weighted by atomic mass is 9.96. The van der Waals surface area contributed by atoms with Crippen molar-refractivity contribution in [2.45, 2.75) is 44.1 Å². The zero-order valence-corrected chi connectivity index (χ0v) is 27.5. The number of halogens is 4. The molecule has 5 heterocycles. The van der Waals surface area contributed by atoms with Gasteiger partial charge >= 0.3 is 6.18 Å². The van der Waals surface area contributed by atoms with Gasteiger partial charge in [0.15, 0.2) is 27.1 Å². The molecule has 0 fully saturated rings. The number of nitrogens with one attached hydrogen (secondary N) is 1. The number of aromatic nitrogens is 5. The van der Waals surface area contributed by atoms with Crippen molar-refractivity contribution in [2.24, 2.45) is 5.92 Å². The van der Waals surface area contributed by atoms with Gasteiger partial charge in [-0.2, -0.15) is 13.2 Å². The molecule has 2 aliphatic heterocycles. The molecule has 0 saturated heterocycles. The maximum atomic E-state index is 13.3. The lowest BCUT2D eigenvalue weighted by molar-refractivity contribution is -0.141. The van der Waals surface area contributed by atoms with Crippen molar-refractivity contribution in [3.05, 3.63) is 102 Å². The molecule has 0 saturated carbocycles. The SMILES string of the molecule is CC(C)C1c2cc3ccc(S(C)(=O)=O)cc3n2CCN1CC(=O)c1cncnc1C(F)(F)F.Fc1ccc(N2Cc3cncnc3N2)cc1. The number of alkyl halides is 3. The Morgan fingerprint density at radius 3 is 2.39 bits per heavy atom. The first-order chi connectivity index (χ1) is 23.2. The lowest BCUT2D eigenvalue weighted by Gasteiger charge is -2.39. The monoisotopic (exact) mass is 696 g/mol. The number of sulfone groups is 1. The van der Waals surface area contributed by atoms with Gasteiger partial charge in [0.25, 0.3) is 0 Å². The van der Waals surface area contributed by atoms with Gasteiger partial charge in [-0.25, -0.2) is 32.7 Å². The van der Waals surface area contributed by atoms with E-state index in [-0.39, 0.29) is 29.2 Å². The molecule has 256 valence electrons. The van der Waals surface area contributed by atoms with Crippen molar-refractivity contribution in [1.82, 2.24) is 29.4 Å². The first-order valence-corrected chi connectivity index (χ1v) is 17.2. The number of carbonyl (C=O) groups excluding carboxylic acids is 1. The second kappa shape index (κ2) is 13.2. The fraction of sp³-hybridized carbons (Fsp3) is 0.303. The van der Waals surface area contributed by atoms with Crippen molar-refractivity contribution in [2.75, 3.05) is 29.8 Å². The fourth-order valence-electron chi connectivity index (χ4n) is 6.19. The van der Waals surface area contributed by atoms with Gasteiger partial charge in [0, 0.05) is 53.9 Å². The van der Waals surface area contributed by atoms with E-state index < -0.39 is 33.1 Å². The topological polar surface area (TPSA) is 126 Å². The van der Waals surface area contributed by atoms with Crippen molar-refractivity contribution >= 4 is 38.0 Å². The second-order valence-corrected chi connectivity index (χ2v) is 14.2. The van der Waals surface area contributed by atoms with E-state index in [2.05, 4.69) is 25.4 Å². The van der Waals surface area contributed by atoms with Crippen LogP contribution < -0.4 is 10.4 Å². The van der Waals surface area contributed by atoms with Crippen LogP contribution in [0.15, 0.2) is 78.5 Å². The molecule has 0 radical (unpaired) electrons. The number of rotatable bonds is 6. The van der Waals surface area contributed by atoms with E-state index in [9.17, 15) is 30.8 Å². The minimum Gasteiger partial charge on any atom is -0.342 e. The predicted molar refractivity (Wildman–Crippen MR) is 174 cm³/mol. The van der Waals surface area contributed by atoms with Gasteiger partial charge in [-0.3, -0.25) is 20.1 Å². The Balaban J connectivity index is 0.000000216. The summed E-state index contributed by atoms with van der Waals surface area (Å²) >= 11 is 0. The number of fused-ring (bicyclic) bond motifs is 4. The maximum Gasteiger partial charge on any atom is 0.434 e. The third-order valence-corrected chi connectivity index (χ3v) is 9.51. The van der Waals surface area contributed by atoms with Crippen LogP contribution in [0.3, 0.4) is 0 Å². The zero-order valence-electron chi connectivity index (χ0n) is 26.7. The lowest BCUT2D eigenvalue weighted by Crippen LogP contribution is -2.43. The standard InChI is InChI=1S/C22H23F3N4O3S.C11H9FN4/c1-13(2)20-18-8-14-4-5-15(33(3,31)32)9-17(14)29(18)7-6-28(20)11-19(30)16-10-26-12-27-21(16)22(23,24)25;12-9-1-3-10(4-2-9)16-6-8-5-13-7-14-11(8)15-16/h4-5,8-10,12-13,20H,6-7,11H2,1-3H3;1-5,7H,6H2,(H,13,14,15). The van der Waals surface area contributed by atoms with E-state index in [1.165, 1.54) is 18.5 Å². The van der Waals surface area contributed by atoms with Gasteiger partial charge in [-0.1, -0.05) is 19.9 Å². The van der Waals surface area contributed by atoms with E-state index in [1.54, 1.807) is 36.5 Å². The van der Waals surface area contributed by atoms with Gasteiger partial charge in [0.05, 0.1) is 35.3 Å². The van der Waals surface area contributed by atoms with Crippen molar-refractivity contribution in [1.29, 1.82) is 0 Å². The summed E-state index contributed by atoms with van der Waals surface area (Å²) < 4.78 is 78.8. The van der Waals surface area contributed by atoms with Crippen LogP contribution in [0.5, 0.6) is 0 Å². The summed E-state index contributed by atoms with van der Waals surface area (Å²) in [4.78, 5) is 30.0. The summed E-state index contributed by atoms with van der Waals surface area (Å²) in [7, 11) is -3.37. The normalized spacial score (nSPS) is 16.2. The minimum absolute atomic E-state index is 0.0460. The highest BCUT2D eigenvalue weighted by atomic mass is 32.2. The van der Waals surface area contributed by atoms with Gasteiger partial charge in [0.2, 0.25) is 0 Å². The number of nitrogens with zero attached hydrogens (tertiary/aromatic N) is 7. The molecule has 0 spiro atoms. The largest absolute Gasteiger partial charge is 0.434 e. The van der Waals surface area contributed by atoms with Crippen LogP contribution in [0.4, 0.5) is 29.1 Å². The molecule has 0 aliphatic carbocycles. The van der Waals surface area contributed by atoms with Gasteiger partial charge in [-0.15, -0.1) is 0 Å². The molecular weight excluding hydrogens is 664 g/mol. The number of benzene rings is 2. The molecule has 2 aromatic carbocycles. The van der Waals surface area contributed by atoms with Crippen LogP contribution in [0.2, 0.25) is 0 Å². The number of Topliss-reactive ketones (excluding diaryl/α,β-unsaturated/α-hetero) is 1. The molecule has 3 aromatic heterocycles. The molecule has 7 rings (SSSR count). The molecule has 2 aliphatic rings. The van der Waals surface area contributed by atoms with Crippen molar-refractivity contribution in [3.8, 4) is 0 Å². The van der Waals surface area contributed by atoms with E-state index in [4.69, 9.17) is 0 Å². The van der Waals surface area contributed by atoms with Crippen LogP contribution in [0.25, 0.3) is 10.9 Å². The smallest absolute Gasteiger partial charge is 0.342 e. The van der Waals surface area contributed by atoms with Crippen LogP contribution in [0.1, 0.15) is 47.2 Å². The molecule has 16 heteroatoms. The zero-order chi connectivity index (χ0) is 35.1. The first kappa shape index (κ1) is 33.9.